The Kier molecular flexibility index (Phi) is 4.47. The molecule has 4 rings (SSSR count). The van der Waals surface area contributed by atoms with Crippen molar-refractivity contribution in [2.75, 3.05) is 37.0 Å². The van der Waals surface area contributed by atoms with Gasteiger partial charge in [0.1, 0.15) is 12.4 Å². The third kappa shape index (κ3) is 3.18. The number of halogens is 3. The number of aromatic nitrogens is 2. The Morgan fingerprint density at radius 2 is 2.07 bits per heavy atom. The van der Waals surface area contributed by atoms with Crippen molar-refractivity contribution in [1.82, 2.24) is 9.55 Å². The summed E-state index contributed by atoms with van der Waals surface area (Å²) >= 11 is 0. The Balaban J connectivity index is 1.56. The average molecular weight is 394 g/mol. The van der Waals surface area contributed by atoms with E-state index < -0.39 is 12.0 Å². The van der Waals surface area contributed by atoms with Gasteiger partial charge in [0.15, 0.2) is 0 Å². The van der Waals surface area contributed by atoms with Crippen LogP contribution >= 0.6 is 0 Å². The SMILES string of the molecule is CN(C)c1ccc2c(c1)OCCN2C(=O)[C@H]1CCn2c(cnc2C(F)(F)F)C1. The van der Waals surface area contributed by atoms with E-state index in [-0.39, 0.29) is 24.8 Å². The Morgan fingerprint density at radius 3 is 2.79 bits per heavy atom. The predicted molar refractivity (Wildman–Crippen MR) is 97.7 cm³/mol. The van der Waals surface area contributed by atoms with Gasteiger partial charge in [-0.15, -0.1) is 0 Å². The molecule has 2 aromatic rings. The van der Waals surface area contributed by atoms with E-state index in [1.54, 1.807) is 4.90 Å². The molecule has 0 saturated carbocycles. The van der Waals surface area contributed by atoms with E-state index in [0.29, 0.717) is 36.7 Å². The number of benzene rings is 1. The number of anilines is 2. The molecular weight excluding hydrogens is 373 g/mol. The smallest absolute Gasteiger partial charge is 0.449 e. The van der Waals surface area contributed by atoms with Gasteiger partial charge in [-0.05, 0) is 18.6 Å². The largest absolute Gasteiger partial charge is 0.489 e. The molecule has 0 bridgehead atoms. The molecule has 0 saturated heterocycles. The van der Waals surface area contributed by atoms with Gasteiger partial charge >= 0.3 is 6.18 Å². The summed E-state index contributed by atoms with van der Waals surface area (Å²) in [7, 11) is 3.85. The van der Waals surface area contributed by atoms with Gasteiger partial charge in [0, 0.05) is 56.6 Å². The first kappa shape index (κ1) is 18.6. The minimum absolute atomic E-state index is 0.0804. The van der Waals surface area contributed by atoms with E-state index in [1.807, 2.05) is 37.2 Å². The molecule has 2 aliphatic heterocycles. The number of ether oxygens (including phenoxy) is 1. The summed E-state index contributed by atoms with van der Waals surface area (Å²) in [6, 6.07) is 5.66. The van der Waals surface area contributed by atoms with Crippen molar-refractivity contribution in [3.63, 3.8) is 0 Å². The van der Waals surface area contributed by atoms with Gasteiger partial charge in [-0.1, -0.05) is 0 Å². The molecule has 1 aromatic carbocycles. The zero-order valence-corrected chi connectivity index (χ0v) is 15.7. The van der Waals surface area contributed by atoms with Crippen LogP contribution in [0, 0.1) is 5.92 Å². The molecule has 150 valence electrons. The van der Waals surface area contributed by atoms with Crippen molar-refractivity contribution in [2.45, 2.75) is 25.6 Å². The van der Waals surface area contributed by atoms with Crippen LogP contribution in [0.25, 0.3) is 0 Å². The third-order valence-electron chi connectivity index (χ3n) is 5.29. The number of imidazole rings is 1. The number of amides is 1. The van der Waals surface area contributed by atoms with Gasteiger partial charge in [0.25, 0.3) is 0 Å². The van der Waals surface area contributed by atoms with Gasteiger partial charge in [0.2, 0.25) is 11.7 Å². The molecule has 2 aliphatic rings. The normalized spacial score (nSPS) is 18.9. The lowest BCUT2D eigenvalue weighted by atomic mass is 9.94. The molecule has 1 amide bonds. The zero-order chi connectivity index (χ0) is 20.1. The minimum Gasteiger partial charge on any atom is -0.489 e. The standard InChI is InChI=1S/C19H21F3N4O2/c1-24(2)13-3-4-15-16(10-13)28-8-7-26(15)17(27)12-5-6-25-14(9-12)11-23-18(25)19(20,21)22/h3-4,10-12H,5-9H2,1-2H3/t12-/m0/s1. The number of fused-ring (bicyclic) bond motifs is 2. The van der Waals surface area contributed by atoms with Gasteiger partial charge in [-0.25, -0.2) is 4.98 Å². The Hall–Kier alpha value is -2.71. The maximum absolute atomic E-state index is 13.2. The van der Waals surface area contributed by atoms with Crippen molar-refractivity contribution in [1.29, 1.82) is 0 Å². The van der Waals surface area contributed by atoms with Crippen LogP contribution in [-0.4, -0.2) is 42.7 Å². The molecule has 6 nitrogen and oxygen atoms in total. The number of nitrogens with zero attached hydrogens (tertiary/aromatic N) is 4. The van der Waals surface area contributed by atoms with E-state index in [9.17, 15) is 18.0 Å². The lowest BCUT2D eigenvalue weighted by Gasteiger charge is -2.34. The van der Waals surface area contributed by atoms with Crippen LogP contribution < -0.4 is 14.5 Å². The Morgan fingerprint density at radius 1 is 1.29 bits per heavy atom. The molecule has 0 fully saturated rings. The van der Waals surface area contributed by atoms with Crippen LogP contribution in [0.5, 0.6) is 5.75 Å². The highest BCUT2D eigenvalue weighted by atomic mass is 19.4. The van der Waals surface area contributed by atoms with Crippen molar-refractivity contribution in [3.8, 4) is 5.75 Å². The van der Waals surface area contributed by atoms with E-state index in [2.05, 4.69) is 4.98 Å². The summed E-state index contributed by atoms with van der Waals surface area (Å²) in [6.07, 6.45) is -2.64. The highest BCUT2D eigenvalue weighted by Crippen LogP contribution is 2.37. The average Bonchev–Trinajstić information content (AvgIpc) is 3.10. The number of hydrogen-bond acceptors (Lipinski definition) is 4. The van der Waals surface area contributed by atoms with E-state index in [4.69, 9.17) is 4.74 Å². The van der Waals surface area contributed by atoms with Gasteiger partial charge < -0.3 is 19.1 Å². The number of carbonyl (C=O) groups excluding carboxylic acids is 1. The molecular formula is C19H21F3N4O2. The van der Waals surface area contributed by atoms with Gasteiger partial charge in [-0.2, -0.15) is 13.2 Å². The number of hydrogen-bond donors (Lipinski definition) is 0. The molecule has 1 aromatic heterocycles. The van der Waals surface area contributed by atoms with Crippen LogP contribution in [0.4, 0.5) is 24.5 Å². The summed E-state index contributed by atoms with van der Waals surface area (Å²) in [6.45, 7) is 0.951. The second-order valence-corrected chi connectivity index (χ2v) is 7.30. The van der Waals surface area contributed by atoms with Crippen LogP contribution in [0.3, 0.4) is 0 Å². The summed E-state index contributed by atoms with van der Waals surface area (Å²) in [4.78, 5) is 20.3. The highest BCUT2D eigenvalue weighted by molar-refractivity contribution is 5.97. The fourth-order valence-corrected chi connectivity index (χ4v) is 3.84. The lowest BCUT2D eigenvalue weighted by molar-refractivity contribution is -0.147. The van der Waals surface area contributed by atoms with E-state index in [0.717, 1.165) is 5.69 Å². The lowest BCUT2D eigenvalue weighted by Crippen LogP contribution is -2.43. The maximum Gasteiger partial charge on any atom is 0.449 e. The summed E-state index contributed by atoms with van der Waals surface area (Å²) in [5, 5.41) is 0. The molecule has 3 heterocycles. The summed E-state index contributed by atoms with van der Waals surface area (Å²) in [5.74, 6) is -0.694. The Bertz CT molecular complexity index is 907. The van der Waals surface area contributed by atoms with E-state index >= 15 is 0 Å². The van der Waals surface area contributed by atoms with Crippen molar-refractivity contribution in [2.24, 2.45) is 5.92 Å². The van der Waals surface area contributed by atoms with Crippen molar-refractivity contribution in [3.05, 3.63) is 35.9 Å². The summed E-state index contributed by atoms with van der Waals surface area (Å²) in [5.41, 5.74) is 2.12. The summed E-state index contributed by atoms with van der Waals surface area (Å²) < 4.78 is 46.0. The Labute approximate surface area is 160 Å². The number of carbonyl (C=O) groups is 1. The molecule has 0 N–H and O–H groups in total. The number of rotatable bonds is 2. The molecule has 1 atom stereocenters. The van der Waals surface area contributed by atoms with Gasteiger partial charge in [0.05, 0.1) is 12.2 Å². The molecule has 0 radical (unpaired) electrons. The molecule has 9 heteroatoms. The second-order valence-electron chi connectivity index (χ2n) is 7.30. The van der Waals surface area contributed by atoms with Crippen LogP contribution in [-0.2, 0) is 23.9 Å². The van der Waals surface area contributed by atoms with Gasteiger partial charge in [-0.3, -0.25) is 4.79 Å². The highest BCUT2D eigenvalue weighted by Gasteiger charge is 2.40. The first-order valence-corrected chi connectivity index (χ1v) is 9.13. The predicted octanol–water partition coefficient (Wildman–Crippen LogP) is 2.96. The second kappa shape index (κ2) is 6.72. The third-order valence-corrected chi connectivity index (χ3v) is 5.29. The fraction of sp³-hybridized carbons (Fsp3) is 0.474. The quantitative estimate of drug-likeness (QED) is 0.786. The minimum atomic E-state index is -4.48. The topological polar surface area (TPSA) is 50.6 Å². The molecule has 28 heavy (non-hydrogen) atoms. The van der Waals surface area contributed by atoms with Crippen LogP contribution in [0.1, 0.15) is 17.9 Å². The van der Waals surface area contributed by atoms with Crippen molar-refractivity contribution >= 4 is 17.3 Å². The number of alkyl halides is 3. The molecule has 0 spiro atoms. The monoisotopic (exact) mass is 394 g/mol. The maximum atomic E-state index is 13.2. The molecule has 0 aliphatic carbocycles. The molecule has 0 unspecified atom stereocenters. The van der Waals surface area contributed by atoms with Crippen LogP contribution in [0.15, 0.2) is 24.4 Å². The van der Waals surface area contributed by atoms with Crippen molar-refractivity contribution < 1.29 is 22.7 Å². The van der Waals surface area contributed by atoms with E-state index in [1.165, 1.54) is 10.8 Å². The first-order chi connectivity index (χ1) is 13.3. The first-order valence-electron chi connectivity index (χ1n) is 9.13. The fourth-order valence-electron chi connectivity index (χ4n) is 3.84. The van der Waals surface area contributed by atoms with Crippen LogP contribution in [0.2, 0.25) is 0 Å². The zero-order valence-electron chi connectivity index (χ0n) is 15.7.